The first kappa shape index (κ1) is 21.3. The molecule has 2 atom stereocenters. The minimum absolute atomic E-state index is 0.160. The van der Waals surface area contributed by atoms with Crippen molar-refractivity contribution in [3.63, 3.8) is 0 Å². The summed E-state index contributed by atoms with van der Waals surface area (Å²) >= 11 is 0. The number of aromatic nitrogens is 2. The zero-order chi connectivity index (χ0) is 22.2. The average molecular weight is 434 g/mol. The minimum atomic E-state index is -4.25. The van der Waals surface area contributed by atoms with E-state index in [4.69, 9.17) is 4.74 Å². The summed E-state index contributed by atoms with van der Waals surface area (Å²) < 4.78 is 43.1. The number of amides is 1. The van der Waals surface area contributed by atoms with Crippen molar-refractivity contribution in [2.24, 2.45) is 0 Å². The Morgan fingerprint density at radius 3 is 2.61 bits per heavy atom. The molecule has 2 saturated heterocycles. The summed E-state index contributed by atoms with van der Waals surface area (Å²) in [5, 5.41) is 12.1. The predicted molar refractivity (Wildman–Crippen MR) is 105 cm³/mol. The largest absolute Gasteiger partial charge is 0.401 e. The maximum atomic E-state index is 12.7. The summed E-state index contributed by atoms with van der Waals surface area (Å²) in [4.78, 5) is 24.5. The lowest BCUT2D eigenvalue weighted by Gasteiger charge is -2.42. The van der Waals surface area contributed by atoms with Gasteiger partial charge in [0.2, 0.25) is 0 Å². The molecule has 2 fully saturated rings. The van der Waals surface area contributed by atoms with Crippen LogP contribution in [0.3, 0.4) is 0 Å². The molecule has 2 aliphatic heterocycles. The second-order valence-corrected chi connectivity index (χ2v) is 7.85. The van der Waals surface area contributed by atoms with Crippen LogP contribution in [0.1, 0.15) is 12.5 Å². The fourth-order valence-electron chi connectivity index (χ4n) is 4.02. The van der Waals surface area contributed by atoms with Crippen LogP contribution in [0.5, 0.6) is 0 Å². The van der Waals surface area contributed by atoms with Gasteiger partial charge in [-0.1, -0.05) is 0 Å². The van der Waals surface area contributed by atoms with E-state index in [1.807, 2.05) is 11.8 Å². The number of fused-ring (bicyclic) bond motifs is 1. The van der Waals surface area contributed by atoms with Crippen molar-refractivity contribution >= 4 is 22.6 Å². The van der Waals surface area contributed by atoms with Gasteiger partial charge in [0.25, 0.3) is 5.91 Å². The highest BCUT2D eigenvalue weighted by molar-refractivity contribution is 5.92. The van der Waals surface area contributed by atoms with Gasteiger partial charge in [0, 0.05) is 32.0 Å². The molecule has 3 heterocycles. The molecule has 1 aromatic heterocycles. The molecule has 0 aliphatic carbocycles. The smallest absolute Gasteiger partial charge is 0.364 e. The van der Waals surface area contributed by atoms with Crippen LogP contribution in [0.15, 0.2) is 24.5 Å². The fraction of sp³-hybridized carbons (Fsp3) is 0.500. The van der Waals surface area contributed by atoms with E-state index < -0.39 is 18.8 Å². The van der Waals surface area contributed by atoms with Gasteiger partial charge in [-0.15, -0.1) is 0 Å². The lowest BCUT2D eigenvalue weighted by atomic mass is 10.1. The van der Waals surface area contributed by atoms with Crippen molar-refractivity contribution in [2.45, 2.75) is 31.3 Å². The van der Waals surface area contributed by atoms with Gasteiger partial charge in [0.1, 0.15) is 17.1 Å². The van der Waals surface area contributed by atoms with Gasteiger partial charge in [0.05, 0.1) is 36.5 Å². The Labute approximate surface area is 176 Å². The van der Waals surface area contributed by atoms with Crippen LogP contribution in [-0.2, 0) is 9.53 Å². The van der Waals surface area contributed by atoms with Crippen molar-refractivity contribution in [3.05, 3.63) is 30.1 Å². The zero-order valence-corrected chi connectivity index (χ0v) is 16.8. The van der Waals surface area contributed by atoms with Gasteiger partial charge in [-0.3, -0.25) is 19.7 Å². The van der Waals surface area contributed by atoms with E-state index in [1.54, 1.807) is 18.3 Å². The molecule has 0 saturated carbocycles. The molecule has 2 aliphatic rings. The molecule has 0 unspecified atom stereocenters. The summed E-state index contributed by atoms with van der Waals surface area (Å²) in [6.45, 7) is 1.96. The normalized spacial score (nSPS) is 22.7. The van der Waals surface area contributed by atoms with Crippen molar-refractivity contribution in [1.29, 1.82) is 5.26 Å². The van der Waals surface area contributed by atoms with Crippen LogP contribution in [0.4, 0.5) is 18.9 Å². The fourth-order valence-corrected chi connectivity index (χ4v) is 4.02. The van der Waals surface area contributed by atoms with Crippen LogP contribution in [0, 0.1) is 11.3 Å². The number of anilines is 1. The maximum absolute atomic E-state index is 12.7. The Morgan fingerprint density at radius 1 is 1.23 bits per heavy atom. The number of nitriles is 1. The van der Waals surface area contributed by atoms with Gasteiger partial charge < -0.3 is 15.0 Å². The molecule has 8 nitrogen and oxygen atoms in total. The van der Waals surface area contributed by atoms with Gasteiger partial charge in [-0.05, 0) is 19.1 Å². The van der Waals surface area contributed by atoms with Gasteiger partial charge >= 0.3 is 6.18 Å². The first-order valence-electron chi connectivity index (χ1n) is 9.87. The van der Waals surface area contributed by atoms with E-state index >= 15 is 0 Å². The summed E-state index contributed by atoms with van der Waals surface area (Å²) in [5.41, 5.74) is 2.21. The Kier molecular flexibility index (Phi) is 5.68. The van der Waals surface area contributed by atoms with E-state index in [9.17, 15) is 23.2 Å². The number of nitrogens with zero attached hydrogens (tertiary/aromatic N) is 5. The van der Waals surface area contributed by atoms with Crippen LogP contribution >= 0.6 is 0 Å². The molecule has 164 valence electrons. The van der Waals surface area contributed by atoms with Crippen LogP contribution in [0.25, 0.3) is 11.0 Å². The molecule has 0 radical (unpaired) electrons. The predicted octanol–water partition coefficient (Wildman–Crippen LogP) is 1.46. The number of benzene rings is 1. The molecule has 2 aromatic rings. The second-order valence-electron chi connectivity index (χ2n) is 7.85. The molecule has 4 rings (SSSR count). The zero-order valence-electron chi connectivity index (χ0n) is 16.8. The molecule has 1 aromatic carbocycles. The number of carbonyl (C=O) groups is 1. The Bertz CT molecular complexity index is 1020. The molecule has 0 spiro atoms. The van der Waals surface area contributed by atoms with Gasteiger partial charge in [0.15, 0.2) is 6.10 Å². The number of morpholine rings is 1. The second kappa shape index (κ2) is 8.28. The van der Waals surface area contributed by atoms with E-state index in [2.05, 4.69) is 21.4 Å². The number of hydrogen-bond donors (Lipinski definition) is 1. The lowest BCUT2D eigenvalue weighted by Crippen LogP contribution is -2.63. The molecule has 11 heteroatoms. The highest BCUT2D eigenvalue weighted by Gasteiger charge is 2.39. The van der Waals surface area contributed by atoms with Crippen molar-refractivity contribution < 1.29 is 22.7 Å². The van der Waals surface area contributed by atoms with E-state index in [0.29, 0.717) is 23.1 Å². The first-order valence-corrected chi connectivity index (χ1v) is 9.87. The summed E-state index contributed by atoms with van der Waals surface area (Å²) in [5.74, 6) is -0.350. The van der Waals surface area contributed by atoms with Crippen molar-refractivity contribution in [2.75, 3.05) is 37.6 Å². The van der Waals surface area contributed by atoms with Crippen LogP contribution in [-0.4, -0.2) is 77.9 Å². The van der Waals surface area contributed by atoms with E-state index in [-0.39, 0.29) is 37.7 Å². The summed E-state index contributed by atoms with van der Waals surface area (Å²) in [6, 6.07) is 5.23. The Morgan fingerprint density at radius 2 is 1.94 bits per heavy atom. The number of carbonyl (C=O) groups excluding carboxylic acids is 1. The quantitative estimate of drug-likeness (QED) is 0.779. The molecular formula is C20H21F3N6O2. The molecule has 0 bridgehead atoms. The number of halogens is 3. The first-order chi connectivity index (χ1) is 14.7. The molecule has 31 heavy (non-hydrogen) atoms. The number of likely N-dealkylation sites (tertiary alicyclic amines) is 1. The molecule has 1 amide bonds. The highest BCUT2D eigenvalue weighted by atomic mass is 19.4. The number of ether oxygens (including phenoxy) is 1. The monoisotopic (exact) mass is 434 g/mol. The standard InChI is InChI=1S/C20H21F3N6O2/c1-12-7-29(15-3-2-13(6-24)17-18(15)26-5-4-25-17)10-16(31-12)19(30)27-14-8-28(9-14)11-20(21,22)23/h2-5,12,14,16H,7-11H2,1H3,(H,27,30)/t12-,16-/m1/s1. The Hall–Kier alpha value is -2.97. The third-order valence-electron chi connectivity index (χ3n) is 5.32. The van der Waals surface area contributed by atoms with Crippen molar-refractivity contribution in [1.82, 2.24) is 20.2 Å². The third-order valence-corrected chi connectivity index (χ3v) is 5.32. The highest BCUT2D eigenvalue weighted by Crippen LogP contribution is 2.29. The van der Waals surface area contributed by atoms with Crippen LogP contribution < -0.4 is 10.2 Å². The van der Waals surface area contributed by atoms with Crippen molar-refractivity contribution in [3.8, 4) is 6.07 Å². The molecule has 1 N–H and O–H groups in total. The topological polar surface area (TPSA) is 94.4 Å². The third kappa shape index (κ3) is 4.70. The average Bonchev–Trinajstić information content (AvgIpc) is 2.69. The number of rotatable bonds is 4. The number of nitrogens with one attached hydrogen (secondary N) is 1. The van der Waals surface area contributed by atoms with Gasteiger partial charge in [-0.25, -0.2) is 0 Å². The Balaban J connectivity index is 1.44. The summed E-state index contributed by atoms with van der Waals surface area (Å²) in [7, 11) is 0. The minimum Gasteiger partial charge on any atom is -0.364 e. The van der Waals surface area contributed by atoms with E-state index in [1.165, 1.54) is 11.1 Å². The lowest BCUT2D eigenvalue weighted by molar-refractivity contribution is -0.157. The maximum Gasteiger partial charge on any atom is 0.401 e. The molecular weight excluding hydrogens is 413 g/mol. The van der Waals surface area contributed by atoms with Crippen LogP contribution in [0.2, 0.25) is 0 Å². The summed E-state index contributed by atoms with van der Waals surface area (Å²) in [6.07, 6.45) is -2.21. The van der Waals surface area contributed by atoms with E-state index in [0.717, 1.165) is 5.69 Å². The SMILES string of the molecule is C[C@@H]1CN(c2ccc(C#N)c3nccnc23)C[C@H](C(=O)NC2CN(CC(F)(F)F)C2)O1. The van der Waals surface area contributed by atoms with Gasteiger partial charge in [-0.2, -0.15) is 18.4 Å². The number of alkyl halides is 3. The number of hydrogen-bond acceptors (Lipinski definition) is 7.